The number of nitrogens with one attached hydrogen (secondary N) is 1. The third kappa shape index (κ3) is 8.49. The first-order chi connectivity index (χ1) is 22.5. The predicted molar refractivity (Wildman–Crippen MR) is 188 cm³/mol. The molecule has 4 aromatic carbocycles. The van der Waals surface area contributed by atoms with Crippen molar-refractivity contribution in [2.24, 2.45) is 0 Å². The Labute approximate surface area is 279 Å². The van der Waals surface area contributed by atoms with E-state index in [1.165, 1.54) is 4.31 Å². The molecule has 0 bridgehead atoms. The number of hydrogen-bond acceptors (Lipinski definition) is 4. The zero-order chi connectivity index (χ0) is 33.6. The molecule has 4 aromatic rings. The summed E-state index contributed by atoms with van der Waals surface area (Å²) < 4.78 is 29.9. The van der Waals surface area contributed by atoms with Crippen LogP contribution in [0.25, 0.3) is 0 Å². The lowest BCUT2D eigenvalue weighted by molar-refractivity contribution is -0.140. The van der Waals surface area contributed by atoms with E-state index in [9.17, 15) is 18.0 Å². The Hall–Kier alpha value is -4.43. The molecule has 0 heterocycles. The lowest BCUT2D eigenvalue weighted by Crippen LogP contribution is -2.54. The van der Waals surface area contributed by atoms with Gasteiger partial charge in [-0.1, -0.05) is 103 Å². The smallest absolute Gasteiger partial charge is 0.264 e. The third-order valence-electron chi connectivity index (χ3n) is 8.97. The van der Waals surface area contributed by atoms with Gasteiger partial charge in [-0.3, -0.25) is 13.9 Å². The summed E-state index contributed by atoms with van der Waals surface area (Å²) in [7, 11) is -4.16. The number of carbonyl (C=O) groups is 2. The topological polar surface area (TPSA) is 86.8 Å². The zero-order valence-electron chi connectivity index (χ0n) is 27.8. The Morgan fingerprint density at radius 3 is 2.00 bits per heavy atom. The molecule has 7 nitrogen and oxygen atoms in total. The molecule has 0 saturated heterocycles. The number of rotatable bonds is 12. The molecule has 2 amide bonds. The summed E-state index contributed by atoms with van der Waals surface area (Å²) in [6, 6.07) is 29.0. The van der Waals surface area contributed by atoms with Gasteiger partial charge in [0.2, 0.25) is 11.8 Å². The minimum absolute atomic E-state index is 0.0606. The number of carbonyl (C=O) groups excluding carboxylic acids is 2. The Morgan fingerprint density at radius 2 is 1.36 bits per heavy atom. The van der Waals surface area contributed by atoms with Gasteiger partial charge in [0.15, 0.2) is 0 Å². The maximum Gasteiger partial charge on any atom is 0.264 e. The molecule has 1 saturated carbocycles. The van der Waals surface area contributed by atoms with Gasteiger partial charge in [-0.15, -0.1) is 0 Å². The number of amides is 2. The first-order valence-electron chi connectivity index (χ1n) is 16.4. The number of sulfonamides is 1. The Kier molecular flexibility index (Phi) is 10.8. The molecule has 1 fully saturated rings. The summed E-state index contributed by atoms with van der Waals surface area (Å²) in [5.41, 5.74) is 5.82. The molecular formula is C39H45N3O4S. The molecule has 1 N–H and O–H groups in total. The second-order valence-electron chi connectivity index (χ2n) is 12.8. The Balaban J connectivity index is 1.58. The van der Waals surface area contributed by atoms with Gasteiger partial charge in [-0.25, -0.2) is 8.42 Å². The number of anilines is 1. The monoisotopic (exact) mass is 651 g/mol. The lowest BCUT2D eigenvalue weighted by Gasteiger charge is -2.34. The molecule has 8 heteroatoms. The lowest BCUT2D eigenvalue weighted by atomic mass is 10.0. The largest absolute Gasteiger partial charge is 0.352 e. The molecule has 1 aliphatic rings. The predicted octanol–water partition coefficient (Wildman–Crippen LogP) is 6.81. The fourth-order valence-corrected chi connectivity index (χ4v) is 7.62. The summed E-state index contributed by atoms with van der Waals surface area (Å²) in [4.78, 5) is 30.6. The van der Waals surface area contributed by atoms with Crippen LogP contribution in [-0.4, -0.2) is 43.8 Å². The maximum absolute atomic E-state index is 14.7. The molecule has 1 unspecified atom stereocenters. The standard InChI is InChI=1S/C39H45N3O4S/c1-28-15-20-33(21-16-28)26-41(37(25-32-10-6-5-7-11-32)39(44)40-34-12-8-9-13-34)38(43)27-42(36-24-30(3)14-19-31(36)4)47(45,46)35-22-17-29(2)18-23-35/h5-7,10-11,14-24,34,37H,8-9,12-13,25-27H2,1-4H3,(H,40,44). The quantitative estimate of drug-likeness (QED) is 0.182. The highest BCUT2D eigenvalue weighted by Crippen LogP contribution is 2.29. The molecule has 1 aliphatic carbocycles. The second-order valence-corrected chi connectivity index (χ2v) is 14.7. The average Bonchev–Trinajstić information content (AvgIpc) is 3.57. The van der Waals surface area contributed by atoms with Crippen LogP contribution in [-0.2, 0) is 32.6 Å². The highest BCUT2D eigenvalue weighted by molar-refractivity contribution is 7.92. The van der Waals surface area contributed by atoms with Crippen LogP contribution in [0.4, 0.5) is 5.69 Å². The van der Waals surface area contributed by atoms with Crippen molar-refractivity contribution in [3.63, 3.8) is 0 Å². The van der Waals surface area contributed by atoms with Crippen LogP contribution in [0, 0.1) is 27.7 Å². The van der Waals surface area contributed by atoms with E-state index in [0.717, 1.165) is 59.1 Å². The van der Waals surface area contributed by atoms with E-state index in [2.05, 4.69) is 5.32 Å². The third-order valence-corrected chi connectivity index (χ3v) is 10.7. The summed E-state index contributed by atoms with van der Waals surface area (Å²) >= 11 is 0. The second kappa shape index (κ2) is 15.0. The van der Waals surface area contributed by atoms with E-state index >= 15 is 0 Å². The van der Waals surface area contributed by atoms with Crippen molar-refractivity contribution in [1.29, 1.82) is 0 Å². The summed E-state index contributed by atoms with van der Waals surface area (Å²) in [6.45, 7) is 7.32. The zero-order valence-corrected chi connectivity index (χ0v) is 28.6. The first-order valence-corrected chi connectivity index (χ1v) is 17.8. The van der Waals surface area contributed by atoms with Gasteiger partial charge in [0.05, 0.1) is 10.6 Å². The van der Waals surface area contributed by atoms with Gasteiger partial charge in [0, 0.05) is 19.0 Å². The van der Waals surface area contributed by atoms with Gasteiger partial charge in [-0.2, -0.15) is 0 Å². The molecule has 47 heavy (non-hydrogen) atoms. The van der Waals surface area contributed by atoms with E-state index < -0.39 is 28.5 Å². The van der Waals surface area contributed by atoms with Crippen molar-refractivity contribution in [3.8, 4) is 0 Å². The number of aryl methyl sites for hydroxylation is 4. The molecule has 0 aliphatic heterocycles. The minimum atomic E-state index is -4.16. The van der Waals surface area contributed by atoms with Crippen molar-refractivity contribution in [2.75, 3.05) is 10.8 Å². The van der Waals surface area contributed by atoms with Crippen molar-refractivity contribution in [1.82, 2.24) is 10.2 Å². The van der Waals surface area contributed by atoms with E-state index in [4.69, 9.17) is 0 Å². The molecule has 246 valence electrons. The van der Waals surface area contributed by atoms with Crippen molar-refractivity contribution >= 4 is 27.5 Å². The van der Waals surface area contributed by atoms with Crippen LogP contribution in [0.5, 0.6) is 0 Å². The summed E-state index contributed by atoms with van der Waals surface area (Å²) in [6.07, 6.45) is 4.23. The van der Waals surface area contributed by atoms with E-state index in [0.29, 0.717) is 12.1 Å². The molecule has 0 radical (unpaired) electrons. The van der Waals surface area contributed by atoms with Gasteiger partial charge in [0.25, 0.3) is 10.0 Å². The van der Waals surface area contributed by atoms with Crippen molar-refractivity contribution in [3.05, 3.63) is 130 Å². The van der Waals surface area contributed by atoms with E-state index in [1.54, 1.807) is 35.2 Å². The van der Waals surface area contributed by atoms with Gasteiger partial charge >= 0.3 is 0 Å². The first kappa shape index (κ1) is 33.9. The number of nitrogens with zero attached hydrogens (tertiary/aromatic N) is 2. The minimum Gasteiger partial charge on any atom is -0.352 e. The highest BCUT2D eigenvalue weighted by atomic mass is 32.2. The van der Waals surface area contributed by atoms with Gasteiger partial charge in [-0.05, 0) is 81.0 Å². The highest BCUT2D eigenvalue weighted by Gasteiger charge is 2.36. The SMILES string of the molecule is Cc1ccc(CN(C(=O)CN(c2cc(C)ccc2C)S(=O)(=O)c2ccc(C)cc2)C(Cc2ccccc2)C(=O)NC2CCCC2)cc1. The molecule has 0 aromatic heterocycles. The molecule has 1 atom stereocenters. The van der Waals surface area contributed by atoms with Crippen LogP contribution < -0.4 is 9.62 Å². The van der Waals surface area contributed by atoms with Gasteiger partial charge < -0.3 is 10.2 Å². The summed E-state index contributed by atoms with van der Waals surface area (Å²) in [5.74, 6) is -0.675. The molecule has 0 spiro atoms. The van der Waals surface area contributed by atoms with Crippen LogP contribution in [0.1, 0.15) is 59.1 Å². The Bertz CT molecular complexity index is 1780. The normalized spacial score (nSPS) is 14.0. The maximum atomic E-state index is 14.7. The van der Waals surface area contributed by atoms with Crippen molar-refractivity contribution < 1.29 is 18.0 Å². The van der Waals surface area contributed by atoms with Gasteiger partial charge in [0.1, 0.15) is 12.6 Å². The van der Waals surface area contributed by atoms with Crippen LogP contribution >= 0.6 is 0 Å². The fraction of sp³-hybridized carbons (Fsp3) is 0.333. The van der Waals surface area contributed by atoms with Crippen LogP contribution in [0.3, 0.4) is 0 Å². The van der Waals surface area contributed by atoms with Crippen LogP contribution in [0.2, 0.25) is 0 Å². The fourth-order valence-electron chi connectivity index (χ4n) is 6.15. The Morgan fingerprint density at radius 1 is 0.766 bits per heavy atom. The molecule has 5 rings (SSSR count). The van der Waals surface area contributed by atoms with Crippen LogP contribution in [0.15, 0.2) is 102 Å². The van der Waals surface area contributed by atoms with E-state index in [1.807, 2.05) is 94.4 Å². The number of hydrogen-bond donors (Lipinski definition) is 1. The van der Waals surface area contributed by atoms with E-state index in [-0.39, 0.29) is 23.4 Å². The number of benzene rings is 4. The average molecular weight is 652 g/mol. The van der Waals surface area contributed by atoms with Crippen molar-refractivity contribution in [2.45, 2.75) is 83.3 Å². The molecular weight excluding hydrogens is 607 g/mol. The summed E-state index contributed by atoms with van der Waals surface area (Å²) in [5, 5.41) is 3.23.